The monoisotopic (exact) mass is 365 g/mol. The van der Waals surface area contributed by atoms with Crippen LogP contribution in [-0.4, -0.2) is 18.7 Å². The van der Waals surface area contributed by atoms with Crippen LogP contribution in [0.1, 0.15) is 29.5 Å². The maximum Gasteiger partial charge on any atom is 0.144 e. The zero-order valence-electron chi connectivity index (χ0n) is 15.1. The standard InChI is InChI=1S/C22H23NO2S/c1-3-22(24-2,21-23-14-16-26-21)19-12-7-13-20(17-19)25-15-8-11-18-9-5-4-6-10-18/h4-14,16-17H,3,15H2,1-2H3. The van der Waals surface area contributed by atoms with Gasteiger partial charge in [-0.15, -0.1) is 11.3 Å². The molecule has 4 heteroatoms. The second-order valence-corrected chi connectivity index (χ2v) is 6.77. The Morgan fingerprint density at radius 3 is 2.65 bits per heavy atom. The van der Waals surface area contributed by atoms with Crippen LogP contribution in [0.5, 0.6) is 5.75 Å². The number of aromatic nitrogens is 1. The lowest BCUT2D eigenvalue weighted by atomic mass is 9.91. The molecule has 26 heavy (non-hydrogen) atoms. The van der Waals surface area contributed by atoms with E-state index >= 15 is 0 Å². The summed E-state index contributed by atoms with van der Waals surface area (Å²) < 4.78 is 11.8. The lowest BCUT2D eigenvalue weighted by Gasteiger charge is -2.30. The van der Waals surface area contributed by atoms with E-state index in [1.165, 1.54) is 0 Å². The van der Waals surface area contributed by atoms with Crippen molar-refractivity contribution in [2.24, 2.45) is 0 Å². The van der Waals surface area contributed by atoms with Gasteiger partial charge in [0.15, 0.2) is 0 Å². The van der Waals surface area contributed by atoms with Crippen molar-refractivity contribution in [3.63, 3.8) is 0 Å². The second-order valence-electron chi connectivity index (χ2n) is 5.87. The average molecular weight is 365 g/mol. The van der Waals surface area contributed by atoms with Gasteiger partial charge in [-0.1, -0.05) is 55.5 Å². The molecule has 0 radical (unpaired) electrons. The number of hydrogen-bond acceptors (Lipinski definition) is 4. The summed E-state index contributed by atoms with van der Waals surface area (Å²) in [6.07, 6.45) is 6.70. The van der Waals surface area contributed by atoms with Crippen molar-refractivity contribution in [1.29, 1.82) is 0 Å². The number of rotatable bonds is 8. The Balaban J connectivity index is 1.74. The van der Waals surface area contributed by atoms with Crippen LogP contribution in [-0.2, 0) is 10.3 Å². The van der Waals surface area contributed by atoms with E-state index in [9.17, 15) is 0 Å². The summed E-state index contributed by atoms with van der Waals surface area (Å²) in [5.41, 5.74) is 1.69. The van der Waals surface area contributed by atoms with Gasteiger partial charge in [0.25, 0.3) is 0 Å². The third-order valence-corrected chi connectivity index (χ3v) is 5.30. The number of thiazole rings is 1. The molecule has 0 fully saturated rings. The molecule has 1 unspecified atom stereocenters. The number of nitrogens with zero attached hydrogens (tertiary/aromatic N) is 1. The maximum atomic E-state index is 5.93. The molecule has 2 aromatic carbocycles. The molecule has 0 aliphatic rings. The average Bonchev–Trinajstić information content (AvgIpc) is 3.23. The molecule has 1 atom stereocenters. The topological polar surface area (TPSA) is 31.4 Å². The van der Waals surface area contributed by atoms with Gasteiger partial charge in [0, 0.05) is 18.7 Å². The van der Waals surface area contributed by atoms with Gasteiger partial charge in [0.05, 0.1) is 0 Å². The van der Waals surface area contributed by atoms with Crippen molar-refractivity contribution in [2.75, 3.05) is 13.7 Å². The first-order chi connectivity index (χ1) is 12.8. The molecule has 1 aromatic heterocycles. The minimum atomic E-state index is -0.534. The van der Waals surface area contributed by atoms with Gasteiger partial charge in [0.2, 0.25) is 0 Å². The van der Waals surface area contributed by atoms with Crippen LogP contribution >= 0.6 is 11.3 Å². The zero-order chi connectivity index (χ0) is 18.2. The van der Waals surface area contributed by atoms with Gasteiger partial charge < -0.3 is 9.47 Å². The van der Waals surface area contributed by atoms with E-state index in [1.807, 2.05) is 54.1 Å². The van der Waals surface area contributed by atoms with E-state index in [1.54, 1.807) is 18.4 Å². The number of benzene rings is 2. The highest BCUT2D eigenvalue weighted by Crippen LogP contribution is 2.38. The van der Waals surface area contributed by atoms with Crippen molar-refractivity contribution >= 4 is 17.4 Å². The van der Waals surface area contributed by atoms with Crippen LogP contribution < -0.4 is 4.74 Å². The molecule has 0 spiro atoms. The van der Waals surface area contributed by atoms with Crippen molar-refractivity contribution in [2.45, 2.75) is 18.9 Å². The van der Waals surface area contributed by atoms with Crippen LogP contribution in [0.4, 0.5) is 0 Å². The second kappa shape index (κ2) is 8.79. The summed E-state index contributed by atoms with van der Waals surface area (Å²) in [5, 5.41) is 2.94. The molecule has 3 nitrogen and oxygen atoms in total. The van der Waals surface area contributed by atoms with E-state index in [2.05, 4.69) is 36.2 Å². The first-order valence-electron chi connectivity index (χ1n) is 8.68. The Labute approximate surface area is 158 Å². The molecule has 0 saturated heterocycles. The Kier molecular flexibility index (Phi) is 6.21. The van der Waals surface area contributed by atoms with Crippen LogP contribution in [0.3, 0.4) is 0 Å². The molecule has 134 valence electrons. The summed E-state index contributed by atoms with van der Waals surface area (Å²) in [4.78, 5) is 4.49. The van der Waals surface area contributed by atoms with Crippen LogP contribution in [0.25, 0.3) is 6.08 Å². The normalized spacial score (nSPS) is 13.6. The number of methoxy groups -OCH3 is 1. The fourth-order valence-electron chi connectivity index (χ4n) is 2.98. The number of ether oxygens (including phenoxy) is 2. The van der Waals surface area contributed by atoms with Gasteiger partial charge in [-0.05, 0) is 35.8 Å². The first kappa shape index (κ1) is 18.4. The minimum absolute atomic E-state index is 0.516. The van der Waals surface area contributed by atoms with Crippen LogP contribution in [0.15, 0.2) is 72.3 Å². The SMILES string of the molecule is CCC(OC)(c1cccc(OCC=Cc2ccccc2)c1)c1nccs1. The minimum Gasteiger partial charge on any atom is -0.490 e. The fraction of sp³-hybridized carbons (Fsp3) is 0.227. The van der Waals surface area contributed by atoms with Crippen molar-refractivity contribution < 1.29 is 9.47 Å². The highest BCUT2D eigenvalue weighted by Gasteiger charge is 2.35. The predicted molar refractivity (Wildman–Crippen MR) is 108 cm³/mol. The zero-order valence-corrected chi connectivity index (χ0v) is 15.9. The number of hydrogen-bond donors (Lipinski definition) is 0. The summed E-state index contributed by atoms with van der Waals surface area (Å²) in [5.74, 6) is 0.826. The largest absolute Gasteiger partial charge is 0.490 e. The molecule has 0 aliphatic heterocycles. The predicted octanol–water partition coefficient (Wildman–Crippen LogP) is 5.54. The van der Waals surface area contributed by atoms with Gasteiger partial charge in [-0.3, -0.25) is 0 Å². The van der Waals surface area contributed by atoms with E-state index in [0.717, 1.165) is 28.3 Å². The van der Waals surface area contributed by atoms with Gasteiger partial charge in [0.1, 0.15) is 23.0 Å². The Bertz CT molecular complexity index is 824. The molecule has 0 bridgehead atoms. The summed E-state index contributed by atoms with van der Waals surface area (Å²) >= 11 is 1.61. The highest BCUT2D eigenvalue weighted by atomic mass is 32.1. The van der Waals surface area contributed by atoms with Gasteiger partial charge in [-0.25, -0.2) is 4.98 Å². The Morgan fingerprint density at radius 1 is 1.12 bits per heavy atom. The quantitative estimate of drug-likeness (QED) is 0.525. The van der Waals surface area contributed by atoms with Crippen LogP contribution in [0.2, 0.25) is 0 Å². The third kappa shape index (κ3) is 4.03. The van der Waals surface area contributed by atoms with Crippen molar-refractivity contribution in [1.82, 2.24) is 4.98 Å². The summed E-state index contributed by atoms with van der Waals surface area (Å²) in [6.45, 7) is 2.63. The van der Waals surface area contributed by atoms with Gasteiger partial charge in [-0.2, -0.15) is 0 Å². The fourth-order valence-corrected chi connectivity index (χ4v) is 3.89. The highest BCUT2D eigenvalue weighted by molar-refractivity contribution is 7.09. The van der Waals surface area contributed by atoms with E-state index in [4.69, 9.17) is 9.47 Å². The molecule has 0 aliphatic carbocycles. The molecule has 0 amide bonds. The van der Waals surface area contributed by atoms with Crippen molar-refractivity contribution in [3.05, 3.63) is 88.4 Å². The summed E-state index contributed by atoms with van der Waals surface area (Å²) in [6, 6.07) is 18.3. The third-order valence-electron chi connectivity index (χ3n) is 4.38. The molecule has 0 N–H and O–H groups in total. The lowest BCUT2D eigenvalue weighted by Crippen LogP contribution is -2.29. The van der Waals surface area contributed by atoms with E-state index < -0.39 is 5.60 Å². The van der Waals surface area contributed by atoms with E-state index in [0.29, 0.717) is 6.61 Å². The molecule has 3 rings (SSSR count). The van der Waals surface area contributed by atoms with Crippen LogP contribution in [0, 0.1) is 0 Å². The molecule has 3 aromatic rings. The van der Waals surface area contributed by atoms with Crippen molar-refractivity contribution in [3.8, 4) is 5.75 Å². The maximum absolute atomic E-state index is 5.93. The molecular formula is C22H23NO2S. The Morgan fingerprint density at radius 2 is 1.96 bits per heavy atom. The van der Waals surface area contributed by atoms with Gasteiger partial charge >= 0.3 is 0 Å². The molecule has 0 saturated carbocycles. The molecule has 1 heterocycles. The first-order valence-corrected chi connectivity index (χ1v) is 9.56. The summed E-state index contributed by atoms with van der Waals surface area (Å²) in [7, 11) is 1.74. The van der Waals surface area contributed by atoms with E-state index in [-0.39, 0.29) is 0 Å². The smallest absolute Gasteiger partial charge is 0.144 e. The lowest BCUT2D eigenvalue weighted by molar-refractivity contribution is 0.0182. The Hall–Kier alpha value is -2.43. The molecular weight excluding hydrogens is 342 g/mol.